The van der Waals surface area contributed by atoms with E-state index in [4.69, 9.17) is 17.3 Å². The number of alkyl halides is 3. The Morgan fingerprint density at radius 3 is 2.50 bits per heavy atom. The predicted molar refractivity (Wildman–Crippen MR) is 75.0 cm³/mol. The van der Waals surface area contributed by atoms with Gasteiger partial charge in [-0.15, -0.1) is 0 Å². The van der Waals surface area contributed by atoms with Gasteiger partial charge in [-0.25, -0.2) is 0 Å². The molecule has 0 bridgehead atoms. The quantitative estimate of drug-likeness (QED) is 0.835. The Morgan fingerprint density at radius 2 is 2.05 bits per heavy atom. The number of hydrogen-bond donors (Lipinski definition) is 1. The summed E-state index contributed by atoms with van der Waals surface area (Å²) < 4.78 is 37.7. The lowest BCUT2D eigenvalue weighted by molar-refractivity contribution is -0.0943. The van der Waals surface area contributed by atoms with Crippen LogP contribution in [0.1, 0.15) is 24.9 Å². The Balaban J connectivity index is 2.17. The molecule has 1 aromatic carbocycles. The zero-order chi connectivity index (χ0) is 14.9. The Bertz CT molecular complexity index is 524. The van der Waals surface area contributed by atoms with E-state index < -0.39 is 11.7 Å². The summed E-state index contributed by atoms with van der Waals surface area (Å²) in [6.07, 6.45) is -3.02. The zero-order valence-electron chi connectivity index (χ0n) is 11.0. The van der Waals surface area contributed by atoms with E-state index in [0.29, 0.717) is 11.6 Å². The van der Waals surface area contributed by atoms with Gasteiger partial charge in [-0.1, -0.05) is 23.7 Å². The molecule has 1 aliphatic heterocycles. The number of anilines is 1. The van der Waals surface area contributed by atoms with Crippen LogP contribution in [0, 0.1) is 0 Å². The van der Waals surface area contributed by atoms with Crippen molar-refractivity contribution in [2.75, 3.05) is 18.0 Å². The number of rotatable bonds is 2. The molecule has 0 saturated carbocycles. The minimum Gasteiger partial charge on any atom is -0.366 e. The molecule has 0 fully saturated rings. The maximum absolute atomic E-state index is 12.6. The van der Waals surface area contributed by atoms with Gasteiger partial charge in [-0.2, -0.15) is 13.2 Å². The fourth-order valence-electron chi connectivity index (χ4n) is 2.21. The summed E-state index contributed by atoms with van der Waals surface area (Å²) in [4.78, 5) is 1.84. The van der Waals surface area contributed by atoms with Gasteiger partial charge in [0, 0.05) is 24.7 Å². The molecule has 1 aliphatic rings. The second-order valence-electron chi connectivity index (χ2n) is 4.92. The number of nitrogens with zero attached hydrogens (tertiary/aromatic N) is 1. The van der Waals surface area contributed by atoms with Crippen LogP contribution >= 0.6 is 11.6 Å². The van der Waals surface area contributed by atoms with Crippen LogP contribution in [0.2, 0.25) is 5.02 Å². The highest BCUT2D eigenvalue weighted by Gasteiger charge is 2.34. The summed E-state index contributed by atoms with van der Waals surface area (Å²) >= 11 is 6.19. The molecule has 2 rings (SSSR count). The van der Waals surface area contributed by atoms with Crippen molar-refractivity contribution in [2.24, 2.45) is 5.73 Å². The van der Waals surface area contributed by atoms with E-state index in [1.54, 1.807) is 6.07 Å². The van der Waals surface area contributed by atoms with Crippen molar-refractivity contribution in [1.29, 1.82) is 0 Å². The number of halogens is 4. The molecule has 1 unspecified atom stereocenters. The van der Waals surface area contributed by atoms with Gasteiger partial charge in [0.25, 0.3) is 0 Å². The molecule has 6 heteroatoms. The molecule has 1 heterocycles. The molecule has 0 spiro atoms. The second kappa shape index (κ2) is 5.66. The summed E-state index contributed by atoms with van der Waals surface area (Å²) in [5.74, 6) is 0. The third-order valence-electron chi connectivity index (χ3n) is 3.41. The van der Waals surface area contributed by atoms with Gasteiger partial charge in [-0.3, -0.25) is 0 Å². The van der Waals surface area contributed by atoms with Gasteiger partial charge >= 0.3 is 6.18 Å². The molecule has 0 radical (unpaired) electrons. The van der Waals surface area contributed by atoms with Gasteiger partial charge in [0.15, 0.2) is 0 Å². The molecule has 0 aromatic heterocycles. The molecule has 0 saturated heterocycles. The smallest absolute Gasteiger partial charge is 0.366 e. The summed E-state index contributed by atoms with van der Waals surface area (Å²) in [6.45, 7) is 2.37. The van der Waals surface area contributed by atoms with Crippen molar-refractivity contribution >= 4 is 17.3 Å². The minimum absolute atomic E-state index is 0.0190. The third-order valence-corrected chi connectivity index (χ3v) is 3.71. The number of benzene rings is 1. The van der Waals surface area contributed by atoms with Gasteiger partial charge in [0.2, 0.25) is 0 Å². The molecule has 0 aliphatic carbocycles. The Morgan fingerprint density at radius 1 is 1.35 bits per heavy atom. The molecule has 20 heavy (non-hydrogen) atoms. The molecular weight excluding hydrogens is 289 g/mol. The lowest BCUT2D eigenvalue weighted by Crippen LogP contribution is -2.32. The standard InChI is InChI=1S/C14H16ClF3N2/c1-9(19)10-2-3-13(12(15)8-10)20-6-4-11(5-7-20)14(16,17)18/h2-4,8-9H,5-7,19H2,1H3. The van der Waals surface area contributed by atoms with Crippen molar-refractivity contribution in [3.05, 3.63) is 40.4 Å². The minimum atomic E-state index is -4.23. The van der Waals surface area contributed by atoms with Crippen molar-refractivity contribution in [3.63, 3.8) is 0 Å². The second-order valence-corrected chi connectivity index (χ2v) is 5.33. The average molecular weight is 305 g/mol. The Labute approximate surface area is 121 Å². The normalized spacial score (nSPS) is 17.9. The number of nitrogens with two attached hydrogens (primary N) is 1. The van der Waals surface area contributed by atoms with E-state index in [2.05, 4.69) is 0 Å². The molecule has 2 nitrogen and oxygen atoms in total. The summed E-state index contributed by atoms with van der Waals surface area (Å²) in [5.41, 5.74) is 6.96. The first-order valence-electron chi connectivity index (χ1n) is 6.35. The maximum Gasteiger partial charge on any atom is 0.412 e. The molecule has 1 aromatic rings. The average Bonchev–Trinajstić information content (AvgIpc) is 2.37. The topological polar surface area (TPSA) is 29.3 Å². The first-order valence-corrected chi connectivity index (χ1v) is 6.73. The Hall–Kier alpha value is -1.20. The van der Waals surface area contributed by atoms with Crippen LogP contribution in [-0.2, 0) is 0 Å². The van der Waals surface area contributed by atoms with Gasteiger partial charge in [0.1, 0.15) is 0 Å². The highest BCUT2D eigenvalue weighted by molar-refractivity contribution is 6.33. The van der Waals surface area contributed by atoms with Crippen LogP contribution in [0.3, 0.4) is 0 Å². The molecule has 0 amide bonds. The first-order chi connectivity index (χ1) is 9.29. The lowest BCUT2D eigenvalue weighted by atomic mass is 10.1. The van der Waals surface area contributed by atoms with E-state index in [-0.39, 0.29) is 19.0 Å². The fraction of sp³-hybridized carbons (Fsp3) is 0.429. The molecule has 1 atom stereocenters. The van der Waals surface area contributed by atoms with E-state index in [1.165, 1.54) is 6.08 Å². The van der Waals surface area contributed by atoms with Crippen LogP contribution in [0.15, 0.2) is 29.8 Å². The fourth-order valence-corrected chi connectivity index (χ4v) is 2.52. The van der Waals surface area contributed by atoms with Crippen LogP contribution in [0.5, 0.6) is 0 Å². The summed E-state index contributed by atoms with van der Waals surface area (Å²) in [6, 6.07) is 5.31. The highest BCUT2D eigenvalue weighted by Crippen LogP contribution is 2.34. The van der Waals surface area contributed by atoms with Crippen molar-refractivity contribution < 1.29 is 13.2 Å². The Kier molecular flexibility index (Phi) is 4.30. The maximum atomic E-state index is 12.6. The van der Waals surface area contributed by atoms with Crippen molar-refractivity contribution in [3.8, 4) is 0 Å². The van der Waals surface area contributed by atoms with Crippen LogP contribution < -0.4 is 10.6 Å². The SMILES string of the molecule is CC(N)c1ccc(N2CC=C(C(F)(F)F)CC2)c(Cl)c1. The number of hydrogen-bond acceptors (Lipinski definition) is 2. The molecular formula is C14H16ClF3N2. The van der Waals surface area contributed by atoms with E-state index >= 15 is 0 Å². The van der Waals surface area contributed by atoms with E-state index in [0.717, 1.165) is 11.3 Å². The highest BCUT2D eigenvalue weighted by atomic mass is 35.5. The first kappa shape index (κ1) is 15.2. The van der Waals surface area contributed by atoms with Crippen molar-refractivity contribution in [1.82, 2.24) is 0 Å². The zero-order valence-corrected chi connectivity index (χ0v) is 11.8. The predicted octanol–water partition coefficient (Wildman–Crippen LogP) is 4.06. The van der Waals surface area contributed by atoms with Crippen LogP contribution in [-0.4, -0.2) is 19.3 Å². The largest absolute Gasteiger partial charge is 0.412 e. The van der Waals surface area contributed by atoms with Crippen LogP contribution in [0.4, 0.5) is 18.9 Å². The van der Waals surface area contributed by atoms with Crippen molar-refractivity contribution in [2.45, 2.75) is 25.6 Å². The van der Waals surface area contributed by atoms with E-state index in [1.807, 2.05) is 24.0 Å². The van der Waals surface area contributed by atoms with E-state index in [9.17, 15) is 13.2 Å². The molecule has 2 N–H and O–H groups in total. The summed E-state index contributed by atoms with van der Waals surface area (Å²) in [5, 5.41) is 0.517. The van der Waals surface area contributed by atoms with Gasteiger partial charge in [0.05, 0.1) is 10.7 Å². The van der Waals surface area contributed by atoms with Gasteiger partial charge < -0.3 is 10.6 Å². The van der Waals surface area contributed by atoms with Gasteiger partial charge in [-0.05, 0) is 31.0 Å². The molecule has 110 valence electrons. The van der Waals surface area contributed by atoms with Crippen LogP contribution in [0.25, 0.3) is 0 Å². The monoisotopic (exact) mass is 304 g/mol. The third kappa shape index (κ3) is 3.27. The lowest BCUT2D eigenvalue weighted by Gasteiger charge is -2.30. The summed E-state index contributed by atoms with van der Waals surface area (Å²) in [7, 11) is 0.